The topological polar surface area (TPSA) is 78.3 Å². The summed E-state index contributed by atoms with van der Waals surface area (Å²) < 4.78 is 13.4. The Morgan fingerprint density at radius 3 is 2.79 bits per heavy atom. The number of hydrogen-bond donors (Lipinski definition) is 1. The second kappa shape index (κ2) is 10.3. The van der Waals surface area contributed by atoms with Crippen molar-refractivity contribution in [2.45, 2.75) is 27.0 Å². The number of benzene rings is 1. The molecule has 0 aliphatic heterocycles. The minimum atomic E-state index is -0.142. The predicted octanol–water partition coefficient (Wildman–Crippen LogP) is 3.32. The van der Waals surface area contributed by atoms with Crippen LogP contribution in [0.5, 0.6) is 11.5 Å². The number of carbonyl (C=O) groups is 1. The minimum Gasteiger partial charge on any atom is -0.490 e. The van der Waals surface area contributed by atoms with E-state index < -0.39 is 0 Å². The summed E-state index contributed by atoms with van der Waals surface area (Å²) in [4.78, 5) is 16.6. The number of nitrogens with zero attached hydrogens (tertiary/aromatic N) is 3. The van der Waals surface area contributed by atoms with Gasteiger partial charge in [0.25, 0.3) is 5.91 Å². The number of hydrogen-bond acceptors (Lipinski definition) is 5. The highest BCUT2D eigenvalue weighted by Gasteiger charge is 2.13. The summed E-state index contributed by atoms with van der Waals surface area (Å²) in [7, 11) is 0. The van der Waals surface area contributed by atoms with E-state index in [2.05, 4.69) is 22.3 Å². The number of carbonyl (C=O) groups excluding carboxylic acids is 1. The standard InChI is InChI=1S/C22H26N4O3/c1-3-28-21-12-19(7-8-20(21)29-16-18-6-4-9-23-14-18)22(27)24-13-17(2)15-26-11-5-10-25-26/h4-12,14,17H,3,13,15-16H2,1-2H3,(H,24,27). The lowest BCUT2D eigenvalue weighted by molar-refractivity contribution is 0.0946. The van der Waals surface area contributed by atoms with Crippen LogP contribution in [0, 0.1) is 5.92 Å². The summed E-state index contributed by atoms with van der Waals surface area (Å²) in [6, 6.07) is 10.9. The van der Waals surface area contributed by atoms with Crippen LogP contribution < -0.4 is 14.8 Å². The number of amides is 1. The van der Waals surface area contributed by atoms with Gasteiger partial charge in [0.2, 0.25) is 0 Å². The molecule has 152 valence electrons. The van der Waals surface area contributed by atoms with Crippen molar-refractivity contribution in [3.63, 3.8) is 0 Å². The Hall–Kier alpha value is -3.35. The minimum absolute atomic E-state index is 0.142. The first-order chi connectivity index (χ1) is 14.2. The Kier molecular flexibility index (Phi) is 7.22. The maximum absolute atomic E-state index is 12.6. The third kappa shape index (κ3) is 6.07. The number of aromatic nitrogens is 3. The lowest BCUT2D eigenvalue weighted by atomic mass is 10.1. The van der Waals surface area contributed by atoms with Crippen molar-refractivity contribution in [1.82, 2.24) is 20.1 Å². The van der Waals surface area contributed by atoms with Gasteiger partial charge in [0.1, 0.15) is 6.61 Å². The van der Waals surface area contributed by atoms with Crippen molar-refractivity contribution in [3.05, 3.63) is 72.3 Å². The van der Waals surface area contributed by atoms with Crippen LogP contribution in [0.4, 0.5) is 0 Å². The molecule has 1 N–H and O–H groups in total. The second-order valence-electron chi connectivity index (χ2n) is 6.79. The summed E-state index contributed by atoms with van der Waals surface area (Å²) in [5.41, 5.74) is 1.50. The van der Waals surface area contributed by atoms with E-state index in [9.17, 15) is 4.79 Å². The van der Waals surface area contributed by atoms with Gasteiger partial charge in [-0.25, -0.2) is 0 Å². The summed E-state index contributed by atoms with van der Waals surface area (Å²) in [5.74, 6) is 1.26. The highest BCUT2D eigenvalue weighted by atomic mass is 16.5. The maximum Gasteiger partial charge on any atom is 0.251 e. The second-order valence-corrected chi connectivity index (χ2v) is 6.79. The van der Waals surface area contributed by atoms with Crippen LogP contribution in [-0.4, -0.2) is 33.8 Å². The molecule has 0 aliphatic rings. The first-order valence-electron chi connectivity index (χ1n) is 9.70. The van der Waals surface area contributed by atoms with E-state index in [-0.39, 0.29) is 11.8 Å². The Bertz CT molecular complexity index is 898. The molecule has 0 aliphatic carbocycles. The third-order valence-electron chi connectivity index (χ3n) is 4.29. The van der Waals surface area contributed by atoms with Gasteiger partial charge < -0.3 is 14.8 Å². The largest absolute Gasteiger partial charge is 0.490 e. The first-order valence-corrected chi connectivity index (χ1v) is 9.70. The molecule has 7 nitrogen and oxygen atoms in total. The summed E-state index contributed by atoms with van der Waals surface area (Å²) >= 11 is 0. The smallest absolute Gasteiger partial charge is 0.251 e. The fraction of sp³-hybridized carbons (Fsp3) is 0.318. The number of rotatable bonds is 10. The molecule has 0 saturated heterocycles. The lowest BCUT2D eigenvalue weighted by Crippen LogP contribution is -2.30. The average molecular weight is 394 g/mol. The summed E-state index contributed by atoms with van der Waals surface area (Å²) in [6.07, 6.45) is 7.14. The molecule has 1 unspecified atom stereocenters. The van der Waals surface area contributed by atoms with Gasteiger partial charge in [-0.1, -0.05) is 13.0 Å². The average Bonchev–Trinajstić information content (AvgIpc) is 3.25. The van der Waals surface area contributed by atoms with Crippen LogP contribution in [0.15, 0.2) is 61.2 Å². The zero-order chi connectivity index (χ0) is 20.5. The lowest BCUT2D eigenvalue weighted by Gasteiger charge is -2.15. The van der Waals surface area contributed by atoms with E-state index in [1.165, 1.54) is 0 Å². The van der Waals surface area contributed by atoms with Crippen molar-refractivity contribution in [2.75, 3.05) is 13.2 Å². The van der Waals surface area contributed by atoms with Crippen LogP contribution in [0.25, 0.3) is 0 Å². The van der Waals surface area contributed by atoms with Crippen molar-refractivity contribution in [2.24, 2.45) is 5.92 Å². The van der Waals surface area contributed by atoms with Crippen molar-refractivity contribution >= 4 is 5.91 Å². The molecular weight excluding hydrogens is 368 g/mol. The molecule has 0 saturated carbocycles. The van der Waals surface area contributed by atoms with Gasteiger partial charge in [-0.2, -0.15) is 5.10 Å². The van der Waals surface area contributed by atoms with Crippen LogP contribution in [0.3, 0.4) is 0 Å². The van der Waals surface area contributed by atoms with Gasteiger partial charge in [-0.05, 0) is 43.2 Å². The summed E-state index contributed by atoms with van der Waals surface area (Å²) in [5, 5.41) is 7.17. The fourth-order valence-electron chi connectivity index (χ4n) is 2.84. The Morgan fingerprint density at radius 2 is 2.07 bits per heavy atom. The van der Waals surface area contributed by atoms with Crippen molar-refractivity contribution in [1.29, 1.82) is 0 Å². The molecule has 2 heterocycles. The monoisotopic (exact) mass is 394 g/mol. The molecule has 3 rings (SSSR count). The van der Waals surface area contributed by atoms with Gasteiger partial charge >= 0.3 is 0 Å². The van der Waals surface area contributed by atoms with Gasteiger partial charge in [-0.15, -0.1) is 0 Å². The van der Waals surface area contributed by atoms with E-state index in [0.717, 1.165) is 12.1 Å². The molecule has 0 spiro atoms. The van der Waals surface area contributed by atoms with Gasteiger partial charge in [0.05, 0.1) is 6.61 Å². The van der Waals surface area contributed by atoms with Gasteiger partial charge in [0.15, 0.2) is 11.5 Å². The molecule has 3 aromatic rings. The normalized spacial score (nSPS) is 11.7. The van der Waals surface area contributed by atoms with Crippen molar-refractivity contribution < 1.29 is 14.3 Å². The Morgan fingerprint density at radius 1 is 1.17 bits per heavy atom. The highest BCUT2D eigenvalue weighted by Crippen LogP contribution is 2.29. The third-order valence-corrected chi connectivity index (χ3v) is 4.29. The SMILES string of the molecule is CCOc1cc(C(=O)NCC(C)Cn2cccn2)ccc1OCc1cccnc1. The van der Waals surface area contributed by atoms with Crippen LogP contribution in [0.2, 0.25) is 0 Å². The van der Waals surface area contributed by atoms with E-state index in [4.69, 9.17) is 9.47 Å². The van der Waals surface area contributed by atoms with Gasteiger partial charge in [0, 0.05) is 49.0 Å². The quantitative estimate of drug-likeness (QED) is 0.571. The molecule has 0 fully saturated rings. The van der Waals surface area contributed by atoms with Gasteiger partial charge in [-0.3, -0.25) is 14.5 Å². The fourth-order valence-corrected chi connectivity index (χ4v) is 2.84. The maximum atomic E-state index is 12.6. The molecule has 1 aromatic carbocycles. The Labute approximate surface area is 170 Å². The number of pyridine rings is 1. The summed E-state index contributed by atoms with van der Waals surface area (Å²) in [6.45, 7) is 6.14. The molecule has 2 aromatic heterocycles. The molecule has 0 radical (unpaired) electrons. The first kappa shape index (κ1) is 20.4. The molecule has 0 bridgehead atoms. The number of nitrogens with one attached hydrogen (secondary N) is 1. The Balaban J connectivity index is 1.59. The van der Waals surface area contributed by atoms with Crippen molar-refractivity contribution in [3.8, 4) is 11.5 Å². The van der Waals surface area contributed by atoms with E-state index in [0.29, 0.717) is 36.8 Å². The number of ether oxygens (including phenoxy) is 2. The van der Waals surface area contributed by atoms with Crippen LogP contribution in [-0.2, 0) is 13.2 Å². The highest BCUT2D eigenvalue weighted by molar-refractivity contribution is 5.94. The molecular formula is C22H26N4O3. The van der Waals surface area contributed by atoms with Crippen LogP contribution in [0.1, 0.15) is 29.8 Å². The molecule has 1 amide bonds. The molecule has 7 heteroatoms. The molecule has 1 atom stereocenters. The zero-order valence-corrected chi connectivity index (χ0v) is 16.7. The van der Waals surface area contributed by atoms with E-state index in [1.54, 1.807) is 36.8 Å². The van der Waals surface area contributed by atoms with E-state index in [1.807, 2.05) is 36.0 Å². The predicted molar refractivity (Wildman–Crippen MR) is 110 cm³/mol. The molecule has 29 heavy (non-hydrogen) atoms. The zero-order valence-electron chi connectivity index (χ0n) is 16.7. The van der Waals surface area contributed by atoms with E-state index >= 15 is 0 Å². The van der Waals surface area contributed by atoms with Crippen LogP contribution >= 0.6 is 0 Å².